The van der Waals surface area contributed by atoms with Crippen molar-refractivity contribution in [3.8, 4) is 11.5 Å². The third-order valence-electron chi connectivity index (χ3n) is 9.46. The summed E-state index contributed by atoms with van der Waals surface area (Å²) in [6, 6.07) is 8.75. The third kappa shape index (κ3) is 6.05. The van der Waals surface area contributed by atoms with Crippen LogP contribution in [0.3, 0.4) is 0 Å². The molecule has 2 atom stereocenters. The Labute approximate surface area is 265 Å². The fraction of sp³-hybridized carbons (Fsp3) is 0.500. The van der Waals surface area contributed by atoms with Gasteiger partial charge in [0.25, 0.3) is 0 Å². The van der Waals surface area contributed by atoms with Crippen LogP contribution in [0.4, 0.5) is 13.2 Å². The topological polar surface area (TPSA) is 60.9 Å². The first-order valence-corrected chi connectivity index (χ1v) is 18.9. The number of aromatic nitrogens is 1. The molecule has 44 heavy (non-hydrogen) atoms. The molecule has 0 spiro atoms. The number of benzene rings is 2. The Kier molecular flexibility index (Phi) is 7.97. The van der Waals surface area contributed by atoms with E-state index in [0.29, 0.717) is 35.0 Å². The van der Waals surface area contributed by atoms with Gasteiger partial charge in [-0.1, -0.05) is 44.5 Å². The molecule has 2 aliphatic heterocycles. The van der Waals surface area contributed by atoms with Gasteiger partial charge in [0.05, 0.1) is 24.0 Å². The number of halogens is 4. The van der Waals surface area contributed by atoms with Crippen molar-refractivity contribution in [3.05, 3.63) is 74.4 Å². The number of carbonyl (C=O) groups is 1. The Bertz CT molecular complexity index is 1590. The lowest BCUT2D eigenvalue weighted by molar-refractivity contribution is -0.286. The Balaban J connectivity index is 1.22. The minimum Gasteiger partial charge on any atom is -0.413 e. The Morgan fingerprint density at radius 3 is 2.59 bits per heavy atom. The van der Waals surface area contributed by atoms with E-state index in [0.717, 1.165) is 23.4 Å². The van der Waals surface area contributed by atoms with Gasteiger partial charge in [0.1, 0.15) is 16.6 Å². The Hall–Kier alpha value is -2.44. The Morgan fingerprint density at radius 1 is 1.18 bits per heavy atom. The van der Waals surface area contributed by atoms with Crippen LogP contribution in [0.15, 0.2) is 42.6 Å². The van der Waals surface area contributed by atoms with Crippen LogP contribution in [0.1, 0.15) is 67.1 Å². The quantitative estimate of drug-likeness (QED) is 0.215. The highest BCUT2D eigenvalue weighted by Gasteiger charge is 2.52. The van der Waals surface area contributed by atoms with Crippen LogP contribution >= 0.6 is 22.9 Å². The monoisotopic (exact) mass is 664 g/mol. The molecule has 6 rings (SSSR count). The number of thiazole rings is 1. The van der Waals surface area contributed by atoms with Crippen molar-refractivity contribution in [2.45, 2.75) is 88.4 Å². The predicted octanol–water partition coefficient (Wildman–Crippen LogP) is 8.29. The van der Waals surface area contributed by atoms with Gasteiger partial charge in [-0.25, -0.2) is 9.37 Å². The molecule has 6 nitrogen and oxygen atoms in total. The Morgan fingerprint density at radius 2 is 1.91 bits per heavy atom. The van der Waals surface area contributed by atoms with Crippen LogP contribution in [0.2, 0.25) is 23.2 Å². The number of likely N-dealkylation sites (tertiary alicyclic amines) is 1. The minimum absolute atomic E-state index is 0.0237. The standard InChI is InChI=1S/C32H36ClF3N2O4SSi/c1-30(2,3)44(4,5)42-21-10-13-38(18-21)29(22-8-7-20(34)15-23(22)33)26-17-37-28(43-26)16-27(39)31(11-12-31)19-6-9-24-25(14-19)41-32(35,36)40-24/h6-9,14-15,17,21,29H,10-13,16,18H2,1-5H3/t21-,29+/m1/s1. The minimum atomic E-state index is -3.71. The zero-order chi connectivity index (χ0) is 31.7. The van der Waals surface area contributed by atoms with E-state index in [2.05, 4.69) is 53.2 Å². The molecule has 2 fully saturated rings. The van der Waals surface area contributed by atoms with Gasteiger partial charge in [-0.05, 0) is 72.8 Å². The number of Topliss-reactive ketones (excluding diaryl/α,β-unsaturated/α-hetero) is 1. The van der Waals surface area contributed by atoms with E-state index < -0.39 is 25.8 Å². The molecule has 0 radical (unpaired) electrons. The normalized spacial score (nSPS) is 21.4. The van der Waals surface area contributed by atoms with Gasteiger partial charge in [-0.2, -0.15) is 0 Å². The van der Waals surface area contributed by atoms with Crippen LogP contribution in [-0.4, -0.2) is 49.5 Å². The summed E-state index contributed by atoms with van der Waals surface area (Å²) in [5.74, 6) is -0.542. The summed E-state index contributed by atoms with van der Waals surface area (Å²) >= 11 is 8.05. The summed E-state index contributed by atoms with van der Waals surface area (Å²) in [6.07, 6.45) is 0.362. The molecule has 0 amide bonds. The number of hydrogen-bond acceptors (Lipinski definition) is 7. The van der Waals surface area contributed by atoms with Gasteiger partial charge in [0.15, 0.2) is 19.8 Å². The molecular weight excluding hydrogens is 629 g/mol. The lowest BCUT2D eigenvalue weighted by Crippen LogP contribution is -2.44. The van der Waals surface area contributed by atoms with Crippen molar-refractivity contribution in [2.75, 3.05) is 13.1 Å². The summed E-state index contributed by atoms with van der Waals surface area (Å²) in [6.45, 7) is 12.7. The lowest BCUT2D eigenvalue weighted by atomic mass is 9.89. The van der Waals surface area contributed by atoms with Crippen LogP contribution in [0, 0.1) is 5.82 Å². The van der Waals surface area contributed by atoms with Crippen molar-refractivity contribution < 1.29 is 31.9 Å². The average Bonchev–Trinajstić information content (AvgIpc) is 3.22. The molecule has 1 saturated heterocycles. The van der Waals surface area contributed by atoms with Gasteiger partial charge < -0.3 is 13.9 Å². The first-order valence-electron chi connectivity index (χ1n) is 14.8. The van der Waals surface area contributed by atoms with Gasteiger partial charge in [0, 0.05) is 29.2 Å². The van der Waals surface area contributed by atoms with E-state index in [9.17, 15) is 18.0 Å². The third-order valence-corrected chi connectivity index (χ3v) is 15.4. The largest absolute Gasteiger partial charge is 0.586 e. The zero-order valence-electron chi connectivity index (χ0n) is 25.4. The number of ketones is 1. The highest BCUT2D eigenvalue weighted by Crippen LogP contribution is 2.53. The lowest BCUT2D eigenvalue weighted by Gasteiger charge is -2.38. The summed E-state index contributed by atoms with van der Waals surface area (Å²) in [5, 5.41) is 1.07. The van der Waals surface area contributed by atoms with E-state index in [1.54, 1.807) is 18.3 Å². The van der Waals surface area contributed by atoms with E-state index in [1.165, 1.54) is 35.6 Å². The molecule has 2 aromatic carbocycles. The van der Waals surface area contributed by atoms with Crippen LogP contribution in [-0.2, 0) is 21.1 Å². The van der Waals surface area contributed by atoms with E-state index >= 15 is 0 Å². The zero-order valence-corrected chi connectivity index (χ0v) is 28.0. The number of fused-ring (bicyclic) bond motifs is 1. The summed E-state index contributed by atoms with van der Waals surface area (Å²) in [7, 11) is -1.98. The van der Waals surface area contributed by atoms with Crippen molar-refractivity contribution in [2.24, 2.45) is 0 Å². The summed E-state index contributed by atoms with van der Waals surface area (Å²) in [5.41, 5.74) is 0.656. The van der Waals surface area contributed by atoms with Crippen molar-refractivity contribution >= 4 is 37.0 Å². The van der Waals surface area contributed by atoms with Crippen LogP contribution in [0.5, 0.6) is 11.5 Å². The van der Waals surface area contributed by atoms with Crippen molar-refractivity contribution in [3.63, 3.8) is 0 Å². The number of hydrogen-bond donors (Lipinski definition) is 0. The predicted molar refractivity (Wildman–Crippen MR) is 166 cm³/mol. The number of ether oxygens (including phenoxy) is 2. The maximum atomic E-state index is 14.1. The number of alkyl halides is 2. The SMILES string of the molecule is CC(C)(C)[Si](C)(C)O[C@@H]1CCN([C@H](c2cnc(CC(=O)C3(c4ccc5c(c4)OC(F)(F)O5)CC3)s2)c2ccc(F)cc2Cl)C1. The van der Waals surface area contributed by atoms with Gasteiger partial charge in [-0.3, -0.25) is 9.69 Å². The second kappa shape index (κ2) is 11.1. The number of nitrogens with zero attached hydrogens (tertiary/aromatic N) is 2. The highest BCUT2D eigenvalue weighted by molar-refractivity contribution is 7.11. The van der Waals surface area contributed by atoms with Crippen LogP contribution in [0.25, 0.3) is 0 Å². The first-order chi connectivity index (χ1) is 20.6. The fourth-order valence-corrected chi connectivity index (χ4v) is 8.59. The molecule has 3 heterocycles. The molecule has 0 bridgehead atoms. The molecule has 1 saturated carbocycles. The van der Waals surface area contributed by atoms with E-state index in [-0.39, 0.29) is 40.9 Å². The van der Waals surface area contributed by atoms with Crippen LogP contribution < -0.4 is 9.47 Å². The number of carbonyl (C=O) groups excluding carboxylic acids is 1. The van der Waals surface area contributed by atoms with Crippen molar-refractivity contribution in [1.82, 2.24) is 9.88 Å². The summed E-state index contributed by atoms with van der Waals surface area (Å²) < 4.78 is 57.0. The van der Waals surface area contributed by atoms with E-state index in [1.807, 2.05) is 0 Å². The second-order valence-electron chi connectivity index (χ2n) is 13.5. The molecule has 0 unspecified atom stereocenters. The maximum absolute atomic E-state index is 14.1. The smallest absolute Gasteiger partial charge is 0.413 e. The fourth-order valence-electron chi connectivity index (χ4n) is 5.87. The van der Waals surface area contributed by atoms with E-state index in [4.69, 9.17) is 16.0 Å². The first kappa shape index (κ1) is 31.5. The van der Waals surface area contributed by atoms with Gasteiger partial charge in [-0.15, -0.1) is 20.1 Å². The highest BCUT2D eigenvalue weighted by atomic mass is 35.5. The molecule has 3 aromatic rings. The molecular formula is C32H36ClF3N2O4SSi. The number of rotatable bonds is 9. The molecule has 0 N–H and O–H groups in total. The molecule has 1 aliphatic carbocycles. The van der Waals surface area contributed by atoms with Gasteiger partial charge >= 0.3 is 6.29 Å². The molecule has 236 valence electrons. The molecule has 12 heteroatoms. The maximum Gasteiger partial charge on any atom is 0.586 e. The second-order valence-corrected chi connectivity index (χ2v) is 19.8. The molecule has 1 aromatic heterocycles. The van der Waals surface area contributed by atoms with Crippen molar-refractivity contribution in [1.29, 1.82) is 0 Å². The van der Waals surface area contributed by atoms with Gasteiger partial charge in [0.2, 0.25) is 0 Å². The average molecular weight is 665 g/mol. The molecule has 3 aliphatic rings. The summed E-state index contributed by atoms with van der Waals surface area (Å²) in [4.78, 5) is 21.5.